The Hall–Kier alpha value is -1.63. The fourth-order valence-corrected chi connectivity index (χ4v) is 3.05. The number of pyridine rings is 1. The summed E-state index contributed by atoms with van der Waals surface area (Å²) in [6.45, 7) is 3.79. The first-order valence-electron chi connectivity index (χ1n) is 9.05. The van der Waals surface area contributed by atoms with Crippen molar-refractivity contribution < 1.29 is 17.9 Å². The van der Waals surface area contributed by atoms with Gasteiger partial charge in [0.2, 0.25) is 5.88 Å². The summed E-state index contributed by atoms with van der Waals surface area (Å²) >= 11 is 0.965. The number of aliphatic imine (C=N–C) groups is 1. The highest BCUT2D eigenvalue weighted by atomic mass is 127. The lowest BCUT2D eigenvalue weighted by atomic mass is 10.3. The van der Waals surface area contributed by atoms with Gasteiger partial charge in [-0.15, -0.1) is 35.3 Å². The molecule has 0 atom stereocenters. The Balaban J connectivity index is 0.00000300. The first-order valence-corrected chi connectivity index (χ1v) is 9.93. The number of hydrogen-bond donors (Lipinski definition) is 2. The van der Waals surface area contributed by atoms with Crippen LogP contribution in [0, 0.1) is 5.92 Å². The van der Waals surface area contributed by atoms with Crippen LogP contribution in [0.25, 0.3) is 0 Å². The predicted octanol–water partition coefficient (Wildman–Crippen LogP) is 4.22. The van der Waals surface area contributed by atoms with Crippen molar-refractivity contribution in [3.63, 3.8) is 0 Å². The van der Waals surface area contributed by atoms with Gasteiger partial charge in [0.1, 0.15) is 5.01 Å². The summed E-state index contributed by atoms with van der Waals surface area (Å²) in [6.07, 6.45) is -0.313. The topological polar surface area (TPSA) is 71.4 Å². The number of guanidine groups is 1. The Bertz CT molecular complexity index is 811. The number of nitrogens with zero attached hydrogens (tertiary/aromatic N) is 3. The van der Waals surface area contributed by atoms with Gasteiger partial charge in [-0.25, -0.2) is 15.0 Å². The summed E-state index contributed by atoms with van der Waals surface area (Å²) in [7, 11) is 0. The molecule has 0 unspecified atom stereocenters. The van der Waals surface area contributed by atoms with Crippen molar-refractivity contribution in [1.82, 2.24) is 20.6 Å². The molecule has 6 nitrogen and oxygen atoms in total. The minimum Gasteiger partial charge on any atom is -0.477 e. The van der Waals surface area contributed by atoms with Crippen LogP contribution in [0.4, 0.5) is 13.2 Å². The van der Waals surface area contributed by atoms with Gasteiger partial charge >= 0.3 is 6.18 Å². The van der Waals surface area contributed by atoms with Crippen LogP contribution in [0.3, 0.4) is 0 Å². The molecule has 0 radical (unpaired) electrons. The summed E-state index contributed by atoms with van der Waals surface area (Å²) in [4.78, 5) is 12.3. The highest BCUT2D eigenvalue weighted by Crippen LogP contribution is 2.30. The smallest absolute Gasteiger partial charge is 0.434 e. The highest BCUT2D eigenvalue weighted by molar-refractivity contribution is 14.0. The van der Waals surface area contributed by atoms with E-state index < -0.39 is 11.9 Å². The summed E-state index contributed by atoms with van der Waals surface area (Å²) in [5, 5.41) is 7.44. The number of alkyl halides is 3. The molecular formula is C18H23F3IN5OS. The van der Waals surface area contributed by atoms with E-state index in [0.717, 1.165) is 22.3 Å². The molecule has 1 aliphatic rings. The van der Waals surface area contributed by atoms with Crippen LogP contribution in [0.2, 0.25) is 0 Å². The summed E-state index contributed by atoms with van der Waals surface area (Å²) in [5.74, 6) is 1.74. The first-order chi connectivity index (χ1) is 13.4. The molecule has 0 aliphatic heterocycles. The van der Waals surface area contributed by atoms with E-state index in [2.05, 4.69) is 25.6 Å². The largest absolute Gasteiger partial charge is 0.477 e. The second-order valence-corrected chi connectivity index (χ2v) is 7.37. The zero-order chi connectivity index (χ0) is 20.0. The van der Waals surface area contributed by atoms with Gasteiger partial charge in [-0.3, -0.25) is 0 Å². The van der Waals surface area contributed by atoms with Gasteiger partial charge in [0.25, 0.3) is 0 Å². The third-order valence-electron chi connectivity index (χ3n) is 3.98. The van der Waals surface area contributed by atoms with Gasteiger partial charge in [0, 0.05) is 24.2 Å². The van der Waals surface area contributed by atoms with Crippen LogP contribution in [0.5, 0.6) is 5.88 Å². The normalized spacial score (nSPS) is 14.3. The van der Waals surface area contributed by atoms with Crippen LogP contribution in [-0.2, 0) is 19.3 Å². The van der Waals surface area contributed by atoms with Gasteiger partial charge < -0.3 is 15.4 Å². The number of aromatic nitrogens is 2. The fraction of sp³-hybridized carbons (Fsp3) is 0.500. The number of hydrogen-bond acceptors (Lipinski definition) is 5. The van der Waals surface area contributed by atoms with E-state index in [9.17, 15) is 13.2 Å². The van der Waals surface area contributed by atoms with E-state index in [-0.39, 0.29) is 30.5 Å². The lowest BCUT2D eigenvalue weighted by molar-refractivity contribution is -0.140. The summed E-state index contributed by atoms with van der Waals surface area (Å²) in [6, 6.07) is 3.71. The molecule has 160 valence electrons. The first kappa shape index (κ1) is 23.6. The molecule has 29 heavy (non-hydrogen) atoms. The van der Waals surface area contributed by atoms with Gasteiger partial charge in [-0.1, -0.05) is 0 Å². The molecule has 0 amide bonds. The van der Waals surface area contributed by atoms with Crippen molar-refractivity contribution in [2.24, 2.45) is 10.9 Å². The van der Waals surface area contributed by atoms with Gasteiger partial charge in [0.05, 0.1) is 19.7 Å². The minimum absolute atomic E-state index is 0. The van der Waals surface area contributed by atoms with E-state index in [1.54, 1.807) is 6.20 Å². The van der Waals surface area contributed by atoms with Crippen LogP contribution >= 0.6 is 35.3 Å². The lowest BCUT2D eigenvalue weighted by Gasteiger charge is -2.10. The molecule has 1 fully saturated rings. The molecule has 0 aromatic carbocycles. The Kier molecular flexibility index (Phi) is 8.93. The maximum atomic E-state index is 12.6. The van der Waals surface area contributed by atoms with E-state index >= 15 is 0 Å². The standard InChI is InChI=1S/C18H22F3N5OS.HI/c1-2-22-17(25-9-16-26-14(11-28-16)18(19,20)21)24-8-13-5-6-23-15(7-13)27-10-12-3-4-12;/h5-7,11-12H,2-4,8-10H2,1H3,(H2,22,24,25);1H. The van der Waals surface area contributed by atoms with Crippen molar-refractivity contribution in [1.29, 1.82) is 0 Å². The molecule has 1 saturated carbocycles. The van der Waals surface area contributed by atoms with Gasteiger partial charge in [0.15, 0.2) is 11.7 Å². The van der Waals surface area contributed by atoms with Gasteiger partial charge in [-0.05, 0) is 37.3 Å². The molecule has 3 rings (SSSR count). The van der Waals surface area contributed by atoms with Crippen LogP contribution in [-0.4, -0.2) is 29.1 Å². The van der Waals surface area contributed by atoms with Crippen LogP contribution < -0.4 is 15.4 Å². The van der Waals surface area contributed by atoms with E-state index in [1.165, 1.54) is 12.8 Å². The van der Waals surface area contributed by atoms with Gasteiger partial charge in [-0.2, -0.15) is 13.2 Å². The third-order valence-corrected chi connectivity index (χ3v) is 4.83. The van der Waals surface area contributed by atoms with Crippen molar-refractivity contribution in [3.05, 3.63) is 40.0 Å². The monoisotopic (exact) mass is 541 g/mol. The Morgan fingerprint density at radius 1 is 1.34 bits per heavy atom. The number of ether oxygens (including phenoxy) is 1. The number of rotatable bonds is 8. The maximum absolute atomic E-state index is 12.6. The number of thiazole rings is 1. The van der Waals surface area contributed by atoms with Crippen molar-refractivity contribution in [2.75, 3.05) is 13.2 Å². The molecule has 11 heteroatoms. The van der Waals surface area contributed by atoms with E-state index in [4.69, 9.17) is 4.74 Å². The summed E-state index contributed by atoms with van der Waals surface area (Å²) < 4.78 is 43.6. The van der Waals surface area contributed by atoms with Crippen molar-refractivity contribution in [2.45, 2.75) is 39.0 Å². The molecule has 2 aromatic rings. The minimum atomic E-state index is -4.42. The molecule has 0 spiro atoms. The quantitative estimate of drug-likeness (QED) is 0.298. The Morgan fingerprint density at radius 3 is 2.79 bits per heavy atom. The average Bonchev–Trinajstić information content (AvgIpc) is 3.36. The lowest BCUT2D eigenvalue weighted by Crippen LogP contribution is -2.36. The zero-order valence-electron chi connectivity index (χ0n) is 15.8. The maximum Gasteiger partial charge on any atom is 0.434 e. The highest BCUT2D eigenvalue weighted by Gasteiger charge is 2.33. The van der Waals surface area contributed by atoms with Crippen molar-refractivity contribution >= 4 is 41.3 Å². The second kappa shape index (κ2) is 11.0. The second-order valence-electron chi connectivity index (χ2n) is 6.43. The molecule has 0 saturated heterocycles. The summed E-state index contributed by atoms with van der Waals surface area (Å²) in [5.41, 5.74) is 0.0679. The van der Waals surface area contributed by atoms with Crippen LogP contribution in [0.15, 0.2) is 28.7 Å². The molecule has 1 aliphatic carbocycles. The van der Waals surface area contributed by atoms with Crippen LogP contribution in [0.1, 0.15) is 36.0 Å². The Morgan fingerprint density at radius 2 is 2.14 bits per heavy atom. The molecule has 2 aromatic heterocycles. The number of halogens is 4. The van der Waals surface area contributed by atoms with E-state index in [1.807, 2.05) is 19.1 Å². The molecule has 0 bridgehead atoms. The molecule has 2 heterocycles. The van der Waals surface area contributed by atoms with E-state index in [0.29, 0.717) is 42.5 Å². The SMILES string of the molecule is CCNC(=NCc1ccnc(OCC2CC2)c1)NCc1nc(C(F)(F)F)cs1.I. The molecule has 2 N–H and O–H groups in total. The molecular weight excluding hydrogens is 518 g/mol. The fourth-order valence-electron chi connectivity index (χ4n) is 2.31. The average molecular weight is 541 g/mol. The van der Waals surface area contributed by atoms with Crippen molar-refractivity contribution in [3.8, 4) is 5.88 Å². The third kappa shape index (κ3) is 7.96. The Labute approximate surface area is 188 Å². The predicted molar refractivity (Wildman–Crippen MR) is 117 cm³/mol. The zero-order valence-corrected chi connectivity index (χ0v) is 19.0. The number of nitrogens with one attached hydrogen (secondary N) is 2.